The van der Waals surface area contributed by atoms with E-state index < -0.39 is 0 Å². The van der Waals surface area contributed by atoms with Crippen LogP contribution in [-0.2, 0) is 4.79 Å². The van der Waals surface area contributed by atoms with E-state index in [0.29, 0.717) is 6.54 Å². The zero-order valence-corrected chi connectivity index (χ0v) is 16.7. The third kappa shape index (κ3) is 4.56. The first-order chi connectivity index (χ1) is 14.1. The molecular formula is C22H24N6O. The van der Waals surface area contributed by atoms with Crippen LogP contribution in [-0.4, -0.2) is 43.8 Å². The molecule has 1 aliphatic heterocycles. The first kappa shape index (κ1) is 19.0. The highest BCUT2D eigenvalue weighted by molar-refractivity contribution is 5.73. The van der Waals surface area contributed by atoms with Gasteiger partial charge in [-0.2, -0.15) is 0 Å². The molecule has 4 heterocycles. The summed E-state index contributed by atoms with van der Waals surface area (Å²) in [6, 6.07) is 9.71. The molecule has 1 fully saturated rings. The number of aromatic nitrogens is 4. The van der Waals surface area contributed by atoms with Gasteiger partial charge in [0.15, 0.2) is 0 Å². The van der Waals surface area contributed by atoms with Crippen LogP contribution in [0.5, 0.6) is 0 Å². The van der Waals surface area contributed by atoms with Crippen LogP contribution >= 0.6 is 0 Å². The molecule has 7 heteroatoms. The summed E-state index contributed by atoms with van der Waals surface area (Å²) in [5, 5.41) is 3.38. The number of hydrogen-bond acceptors (Lipinski definition) is 6. The van der Waals surface area contributed by atoms with Crippen LogP contribution in [0.3, 0.4) is 0 Å². The number of amides is 1. The molecule has 4 rings (SSSR count). The molecule has 1 atom stereocenters. The molecule has 0 saturated carbocycles. The van der Waals surface area contributed by atoms with Crippen molar-refractivity contribution in [3.05, 3.63) is 60.4 Å². The average Bonchev–Trinajstić information content (AvgIpc) is 2.74. The van der Waals surface area contributed by atoms with Gasteiger partial charge in [-0.05, 0) is 44.0 Å². The molecule has 0 aliphatic carbocycles. The summed E-state index contributed by atoms with van der Waals surface area (Å²) in [4.78, 5) is 31.9. The number of carbonyl (C=O) groups excluding carboxylic acids is 1. The monoisotopic (exact) mass is 388 g/mol. The normalized spacial score (nSPS) is 16.5. The van der Waals surface area contributed by atoms with Crippen molar-refractivity contribution >= 4 is 17.4 Å². The summed E-state index contributed by atoms with van der Waals surface area (Å²) < 4.78 is 0. The summed E-state index contributed by atoms with van der Waals surface area (Å²) in [5.74, 6) is 1.69. The number of aryl methyl sites for hydroxylation is 1. The van der Waals surface area contributed by atoms with E-state index in [1.807, 2.05) is 42.2 Å². The Kier molecular flexibility index (Phi) is 5.46. The first-order valence-corrected chi connectivity index (χ1v) is 9.83. The Balaban J connectivity index is 1.71. The van der Waals surface area contributed by atoms with Gasteiger partial charge in [-0.3, -0.25) is 14.8 Å². The molecule has 1 N–H and O–H groups in total. The van der Waals surface area contributed by atoms with E-state index in [1.54, 1.807) is 25.5 Å². The Labute approximate surface area is 170 Å². The minimum atomic E-state index is 0.101. The van der Waals surface area contributed by atoms with Crippen LogP contribution in [0.25, 0.3) is 11.3 Å². The van der Waals surface area contributed by atoms with Gasteiger partial charge in [-0.1, -0.05) is 0 Å². The lowest BCUT2D eigenvalue weighted by Crippen LogP contribution is -2.38. The zero-order valence-electron chi connectivity index (χ0n) is 16.7. The predicted octanol–water partition coefficient (Wildman–Crippen LogP) is 3.71. The number of anilines is 2. The second-order valence-corrected chi connectivity index (χ2v) is 7.35. The Morgan fingerprint density at radius 3 is 2.86 bits per heavy atom. The van der Waals surface area contributed by atoms with Crippen LogP contribution in [0.2, 0.25) is 0 Å². The number of nitrogens with one attached hydrogen (secondary N) is 1. The SMILES string of the molecule is CC(=O)N1CCCC(c2nc(Nc3ccnc(C)c3)cc(-c3cccnc3)n2)C1. The van der Waals surface area contributed by atoms with E-state index in [1.165, 1.54) is 0 Å². The van der Waals surface area contributed by atoms with Crippen molar-refractivity contribution < 1.29 is 4.79 Å². The molecule has 7 nitrogen and oxygen atoms in total. The molecule has 1 unspecified atom stereocenters. The summed E-state index contributed by atoms with van der Waals surface area (Å²) in [6.45, 7) is 5.03. The lowest BCUT2D eigenvalue weighted by atomic mass is 9.97. The van der Waals surface area contributed by atoms with Gasteiger partial charge in [0.25, 0.3) is 0 Å². The second-order valence-electron chi connectivity index (χ2n) is 7.35. The number of carbonyl (C=O) groups is 1. The molecule has 3 aromatic rings. The highest BCUT2D eigenvalue weighted by Gasteiger charge is 2.25. The number of pyridine rings is 2. The Morgan fingerprint density at radius 1 is 1.21 bits per heavy atom. The van der Waals surface area contributed by atoms with Crippen LogP contribution in [0.1, 0.15) is 37.2 Å². The van der Waals surface area contributed by atoms with Gasteiger partial charge in [0.1, 0.15) is 11.6 Å². The maximum Gasteiger partial charge on any atom is 0.219 e. The smallest absolute Gasteiger partial charge is 0.219 e. The average molecular weight is 388 g/mol. The largest absolute Gasteiger partial charge is 0.342 e. The lowest BCUT2D eigenvalue weighted by molar-refractivity contribution is -0.130. The van der Waals surface area contributed by atoms with Crippen molar-refractivity contribution in [3.63, 3.8) is 0 Å². The maximum absolute atomic E-state index is 11.9. The lowest BCUT2D eigenvalue weighted by Gasteiger charge is -2.31. The number of nitrogens with zero attached hydrogens (tertiary/aromatic N) is 5. The van der Waals surface area contributed by atoms with E-state index in [4.69, 9.17) is 9.97 Å². The molecule has 3 aromatic heterocycles. The molecule has 1 saturated heterocycles. The van der Waals surface area contributed by atoms with Gasteiger partial charge >= 0.3 is 0 Å². The fourth-order valence-electron chi connectivity index (χ4n) is 3.62. The fraction of sp³-hybridized carbons (Fsp3) is 0.318. The Bertz CT molecular complexity index is 1010. The van der Waals surface area contributed by atoms with Crippen molar-refractivity contribution in [2.75, 3.05) is 18.4 Å². The van der Waals surface area contributed by atoms with Crippen LogP contribution in [0.4, 0.5) is 11.5 Å². The standard InChI is InChI=1S/C22H24N6O/c1-15-11-19(7-9-24-15)25-21-12-20(17-5-3-8-23-13-17)26-22(27-21)18-6-4-10-28(14-18)16(2)29/h3,5,7-9,11-13,18H,4,6,10,14H2,1-2H3,(H,24,25,26,27). The van der Waals surface area contributed by atoms with Crippen LogP contribution in [0, 0.1) is 6.92 Å². The third-order valence-corrected chi connectivity index (χ3v) is 5.10. The van der Waals surface area contributed by atoms with E-state index in [0.717, 1.165) is 53.7 Å². The van der Waals surface area contributed by atoms with Crippen molar-refractivity contribution in [3.8, 4) is 11.3 Å². The molecule has 0 radical (unpaired) electrons. The van der Waals surface area contributed by atoms with Crippen molar-refractivity contribution in [1.82, 2.24) is 24.8 Å². The predicted molar refractivity (Wildman–Crippen MR) is 112 cm³/mol. The van der Waals surface area contributed by atoms with E-state index in [9.17, 15) is 4.79 Å². The molecule has 29 heavy (non-hydrogen) atoms. The van der Waals surface area contributed by atoms with Gasteiger partial charge in [0.2, 0.25) is 5.91 Å². The Hall–Kier alpha value is -3.35. The molecule has 0 aromatic carbocycles. The van der Waals surface area contributed by atoms with Gasteiger partial charge in [0.05, 0.1) is 5.69 Å². The van der Waals surface area contributed by atoms with Crippen molar-refractivity contribution in [2.24, 2.45) is 0 Å². The number of rotatable bonds is 4. The van der Waals surface area contributed by atoms with Gasteiger partial charge < -0.3 is 10.2 Å². The van der Waals surface area contributed by atoms with Crippen molar-refractivity contribution in [2.45, 2.75) is 32.6 Å². The first-order valence-electron chi connectivity index (χ1n) is 9.83. The third-order valence-electron chi connectivity index (χ3n) is 5.10. The van der Waals surface area contributed by atoms with Crippen molar-refractivity contribution in [1.29, 1.82) is 0 Å². The molecule has 0 bridgehead atoms. The summed E-state index contributed by atoms with van der Waals surface area (Å²) >= 11 is 0. The van der Waals surface area contributed by atoms with E-state index in [2.05, 4.69) is 15.3 Å². The number of hydrogen-bond donors (Lipinski definition) is 1. The van der Waals surface area contributed by atoms with Gasteiger partial charge in [-0.25, -0.2) is 9.97 Å². The van der Waals surface area contributed by atoms with Gasteiger partial charge in [0, 0.05) is 67.5 Å². The topological polar surface area (TPSA) is 83.9 Å². The summed E-state index contributed by atoms with van der Waals surface area (Å²) in [6.07, 6.45) is 7.24. The van der Waals surface area contributed by atoms with Gasteiger partial charge in [-0.15, -0.1) is 0 Å². The quantitative estimate of drug-likeness (QED) is 0.733. The van der Waals surface area contributed by atoms with Crippen LogP contribution < -0.4 is 5.32 Å². The highest BCUT2D eigenvalue weighted by Crippen LogP contribution is 2.29. The fourth-order valence-corrected chi connectivity index (χ4v) is 3.62. The minimum absolute atomic E-state index is 0.101. The summed E-state index contributed by atoms with van der Waals surface area (Å²) in [5.41, 5.74) is 3.61. The van der Waals surface area contributed by atoms with Crippen LogP contribution in [0.15, 0.2) is 48.9 Å². The Morgan fingerprint density at radius 2 is 2.10 bits per heavy atom. The van der Waals surface area contributed by atoms with E-state index in [-0.39, 0.29) is 11.8 Å². The second kappa shape index (κ2) is 8.34. The molecular weight excluding hydrogens is 364 g/mol. The summed E-state index contributed by atoms with van der Waals surface area (Å²) in [7, 11) is 0. The number of piperidine rings is 1. The minimum Gasteiger partial charge on any atom is -0.342 e. The molecule has 148 valence electrons. The number of likely N-dealkylation sites (tertiary alicyclic amines) is 1. The molecule has 1 amide bonds. The maximum atomic E-state index is 11.9. The van der Waals surface area contributed by atoms with E-state index >= 15 is 0 Å². The zero-order chi connectivity index (χ0) is 20.2. The molecule has 1 aliphatic rings. The highest BCUT2D eigenvalue weighted by atomic mass is 16.2. The molecule has 0 spiro atoms.